The first-order valence-corrected chi connectivity index (χ1v) is 12.0. The quantitative estimate of drug-likeness (QED) is 0.380. The Kier molecular flexibility index (Phi) is 6.68. The van der Waals surface area contributed by atoms with Crippen molar-refractivity contribution < 1.29 is 15.0 Å². The molecule has 2 heterocycles. The van der Waals surface area contributed by atoms with Crippen LogP contribution in [0.1, 0.15) is 22.3 Å². The minimum absolute atomic E-state index is 0.430. The molecule has 0 unspecified atom stereocenters. The fourth-order valence-corrected chi connectivity index (χ4v) is 4.84. The van der Waals surface area contributed by atoms with Crippen molar-refractivity contribution in [3.05, 3.63) is 100 Å². The van der Waals surface area contributed by atoms with Crippen molar-refractivity contribution in [3.8, 4) is 22.6 Å². The molecule has 0 saturated heterocycles. The fourth-order valence-electron chi connectivity index (χ4n) is 4.64. The van der Waals surface area contributed by atoms with Gasteiger partial charge in [0.15, 0.2) is 6.10 Å². The van der Waals surface area contributed by atoms with E-state index in [2.05, 4.69) is 22.1 Å². The van der Waals surface area contributed by atoms with Crippen LogP contribution in [0.2, 0.25) is 5.02 Å². The van der Waals surface area contributed by atoms with E-state index in [9.17, 15) is 9.90 Å². The second-order valence-corrected chi connectivity index (χ2v) is 9.17. The number of aromatic amines is 1. The molecule has 1 atom stereocenters. The van der Waals surface area contributed by atoms with Gasteiger partial charge in [0.2, 0.25) is 0 Å². The van der Waals surface area contributed by atoms with Gasteiger partial charge in [-0.1, -0.05) is 66.2 Å². The predicted molar refractivity (Wildman–Crippen MR) is 136 cm³/mol. The number of nitrogens with one attached hydrogen (secondary N) is 1. The molecule has 3 aromatic carbocycles. The molecule has 0 fully saturated rings. The third kappa shape index (κ3) is 4.86. The maximum absolute atomic E-state index is 12.3. The Bertz CT molecular complexity index is 1350. The van der Waals surface area contributed by atoms with E-state index in [0.29, 0.717) is 24.5 Å². The maximum atomic E-state index is 12.3. The number of halogens is 1. The molecular weight excluding hydrogens is 462 g/mol. The first-order valence-electron chi connectivity index (χ1n) is 11.6. The van der Waals surface area contributed by atoms with Crippen LogP contribution in [0, 0.1) is 0 Å². The lowest BCUT2D eigenvalue weighted by Gasteiger charge is -2.31. The number of fused-ring (bicyclic) bond motifs is 1. The molecule has 5 rings (SSSR count). The van der Waals surface area contributed by atoms with Crippen LogP contribution in [0.5, 0.6) is 0 Å². The van der Waals surface area contributed by atoms with Gasteiger partial charge in [0.05, 0.1) is 23.5 Å². The molecule has 0 radical (unpaired) electrons. The number of H-pyrrole nitrogens is 1. The molecule has 178 valence electrons. The summed E-state index contributed by atoms with van der Waals surface area (Å²) in [4.78, 5) is 21.9. The molecule has 0 spiro atoms. The summed E-state index contributed by atoms with van der Waals surface area (Å²) >= 11 is 6.55. The lowest BCUT2D eigenvalue weighted by Crippen LogP contribution is -2.43. The number of carbonyl (C=O) groups excluding carboxylic acids is 1. The highest BCUT2D eigenvalue weighted by Crippen LogP contribution is 2.31. The van der Waals surface area contributed by atoms with Crippen molar-refractivity contribution in [2.75, 3.05) is 13.2 Å². The zero-order valence-electron chi connectivity index (χ0n) is 19.1. The molecule has 4 aromatic rings. The van der Waals surface area contributed by atoms with E-state index >= 15 is 0 Å². The molecule has 0 saturated carbocycles. The van der Waals surface area contributed by atoms with E-state index in [1.54, 1.807) is 4.90 Å². The van der Waals surface area contributed by atoms with E-state index < -0.39 is 18.6 Å². The van der Waals surface area contributed by atoms with Crippen LogP contribution in [0.15, 0.2) is 72.9 Å². The van der Waals surface area contributed by atoms with E-state index in [4.69, 9.17) is 16.7 Å². The molecule has 7 heteroatoms. The topological polar surface area (TPSA) is 89.4 Å². The number of aliphatic hydroxyl groups excluding tert-OH is 2. The number of amides is 1. The average Bonchev–Trinajstić information content (AvgIpc) is 3.39. The van der Waals surface area contributed by atoms with Crippen molar-refractivity contribution in [2.24, 2.45) is 0 Å². The molecule has 1 aliphatic rings. The molecule has 0 bridgehead atoms. The molecule has 1 aromatic heterocycles. The third-order valence-corrected chi connectivity index (χ3v) is 6.80. The van der Waals surface area contributed by atoms with Crippen LogP contribution >= 0.6 is 11.6 Å². The van der Waals surface area contributed by atoms with Crippen LogP contribution in [0.4, 0.5) is 0 Å². The second-order valence-electron chi connectivity index (χ2n) is 8.77. The summed E-state index contributed by atoms with van der Waals surface area (Å²) in [7, 11) is 0. The van der Waals surface area contributed by atoms with E-state index in [1.165, 1.54) is 11.1 Å². The number of hydrogen-bond acceptors (Lipinski definition) is 4. The van der Waals surface area contributed by atoms with Crippen LogP contribution in [0.3, 0.4) is 0 Å². The van der Waals surface area contributed by atoms with Gasteiger partial charge >= 0.3 is 0 Å². The van der Waals surface area contributed by atoms with Gasteiger partial charge in [-0.05, 0) is 52.8 Å². The van der Waals surface area contributed by atoms with Gasteiger partial charge < -0.3 is 20.1 Å². The SMILES string of the molecule is O=C([C@@H](O)CO)N1CCc2c(Cc3ccc(Cl)c(-c4ncc(-c5ccccc5)[nH]4)c3)cccc2C1. The molecule has 0 aliphatic carbocycles. The van der Waals surface area contributed by atoms with E-state index in [1.807, 2.05) is 60.8 Å². The van der Waals surface area contributed by atoms with Crippen LogP contribution in [0.25, 0.3) is 22.6 Å². The van der Waals surface area contributed by atoms with E-state index in [-0.39, 0.29) is 0 Å². The van der Waals surface area contributed by atoms with Gasteiger partial charge in [0.1, 0.15) is 5.82 Å². The normalized spacial score (nSPS) is 14.0. The van der Waals surface area contributed by atoms with Gasteiger partial charge in [0.25, 0.3) is 5.91 Å². The highest BCUT2D eigenvalue weighted by atomic mass is 35.5. The molecular formula is C28H26ClN3O3. The second kappa shape index (κ2) is 10.0. The number of imidazole rings is 1. The molecule has 35 heavy (non-hydrogen) atoms. The van der Waals surface area contributed by atoms with Crippen molar-refractivity contribution >= 4 is 17.5 Å². The van der Waals surface area contributed by atoms with Crippen molar-refractivity contribution in [1.82, 2.24) is 14.9 Å². The smallest absolute Gasteiger partial charge is 0.254 e. The zero-order chi connectivity index (χ0) is 24.4. The largest absolute Gasteiger partial charge is 0.393 e. The summed E-state index contributed by atoms with van der Waals surface area (Å²) < 4.78 is 0. The monoisotopic (exact) mass is 487 g/mol. The van der Waals surface area contributed by atoms with Crippen molar-refractivity contribution in [1.29, 1.82) is 0 Å². The number of carbonyl (C=O) groups is 1. The summed E-state index contributed by atoms with van der Waals surface area (Å²) in [5, 5.41) is 19.5. The molecule has 3 N–H and O–H groups in total. The van der Waals surface area contributed by atoms with Crippen molar-refractivity contribution in [2.45, 2.75) is 25.5 Å². The minimum atomic E-state index is -1.36. The van der Waals surface area contributed by atoms with Gasteiger partial charge in [-0.3, -0.25) is 4.79 Å². The van der Waals surface area contributed by atoms with Gasteiger partial charge in [-0.2, -0.15) is 0 Å². The highest BCUT2D eigenvalue weighted by molar-refractivity contribution is 6.33. The third-order valence-electron chi connectivity index (χ3n) is 6.47. The van der Waals surface area contributed by atoms with Gasteiger partial charge in [0, 0.05) is 18.7 Å². The Morgan fingerprint density at radius 1 is 1.11 bits per heavy atom. The first-order chi connectivity index (χ1) is 17.0. The Labute approximate surface area is 208 Å². The fraction of sp³-hybridized carbons (Fsp3) is 0.214. The summed E-state index contributed by atoms with van der Waals surface area (Å²) in [5.41, 5.74) is 7.47. The lowest BCUT2D eigenvalue weighted by atomic mass is 9.90. The summed E-state index contributed by atoms with van der Waals surface area (Å²) in [6, 6.07) is 22.2. The first kappa shape index (κ1) is 23.3. The maximum Gasteiger partial charge on any atom is 0.254 e. The Hall–Kier alpha value is -3.45. The van der Waals surface area contributed by atoms with E-state index in [0.717, 1.165) is 40.2 Å². The van der Waals surface area contributed by atoms with Gasteiger partial charge in [-0.25, -0.2) is 4.98 Å². The zero-order valence-corrected chi connectivity index (χ0v) is 19.9. The Morgan fingerprint density at radius 3 is 2.74 bits per heavy atom. The standard InChI is InChI=1S/C28H26ClN3O3/c29-24-10-9-18(14-23(24)27-30-15-25(31-27)19-5-2-1-3-6-19)13-20-7-4-8-21-16-32(12-11-22(20)21)28(35)26(34)17-33/h1-10,14-15,26,33-34H,11-13,16-17H2,(H,30,31)/t26-/m0/s1. The lowest BCUT2D eigenvalue weighted by molar-refractivity contribution is -0.143. The highest BCUT2D eigenvalue weighted by Gasteiger charge is 2.26. The molecule has 1 amide bonds. The number of rotatable bonds is 6. The average molecular weight is 488 g/mol. The van der Waals surface area contributed by atoms with Crippen LogP contribution in [-0.2, 0) is 24.2 Å². The Balaban J connectivity index is 1.39. The number of nitrogens with zero attached hydrogens (tertiary/aromatic N) is 2. The van der Waals surface area contributed by atoms with Crippen molar-refractivity contribution in [3.63, 3.8) is 0 Å². The minimum Gasteiger partial charge on any atom is -0.393 e. The predicted octanol–water partition coefficient (Wildman–Crippen LogP) is 4.23. The molecule has 6 nitrogen and oxygen atoms in total. The molecule has 1 aliphatic heterocycles. The number of aromatic nitrogens is 2. The number of hydrogen-bond donors (Lipinski definition) is 3. The summed E-state index contributed by atoms with van der Waals surface area (Å²) in [6.45, 7) is 0.379. The van der Waals surface area contributed by atoms with Crippen LogP contribution in [-0.4, -0.2) is 50.2 Å². The summed E-state index contributed by atoms with van der Waals surface area (Å²) in [5.74, 6) is 0.293. The van der Waals surface area contributed by atoms with Crippen LogP contribution < -0.4 is 0 Å². The number of aliphatic hydroxyl groups is 2. The number of benzene rings is 3. The van der Waals surface area contributed by atoms with Gasteiger partial charge in [-0.15, -0.1) is 0 Å². The summed E-state index contributed by atoms with van der Waals surface area (Å²) in [6.07, 6.45) is 1.89. The Morgan fingerprint density at radius 2 is 1.94 bits per heavy atom.